The second kappa shape index (κ2) is 15.5. The number of nitrogens with one attached hydrogen (secondary N) is 4. The van der Waals surface area contributed by atoms with Crippen LogP contribution in [0.4, 0.5) is 10.5 Å². The lowest BCUT2D eigenvalue weighted by Crippen LogP contribution is -2.62. The van der Waals surface area contributed by atoms with E-state index in [2.05, 4.69) is 16.0 Å². The van der Waals surface area contributed by atoms with Crippen molar-refractivity contribution in [1.82, 2.24) is 20.3 Å². The van der Waals surface area contributed by atoms with Gasteiger partial charge in [-0.25, -0.2) is 13.2 Å². The largest absolute Gasteiger partial charge is 0.444 e. The predicted molar refractivity (Wildman–Crippen MR) is 170 cm³/mol. The van der Waals surface area contributed by atoms with Crippen LogP contribution in [0.1, 0.15) is 72.6 Å². The molecule has 0 unspecified atom stereocenters. The fourth-order valence-electron chi connectivity index (χ4n) is 5.29. The molecule has 3 rings (SSSR count). The number of rotatable bonds is 7. The minimum Gasteiger partial charge on any atom is -0.444 e. The number of aliphatic hydroxyl groups excluding tert-OH is 1. The Bertz CT molecular complexity index is 1410. The van der Waals surface area contributed by atoms with Crippen molar-refractivity contribution in [3.05, 3.63) is 42.5 Å². The molecule has 5 N–H and O–H groups in total. The average Bonchev–Trinajstić information content (AvgIpc) is 3.35. The highest BCUT2D eigenvalue weighted by atomic mass is 32.2. The number of anilines is 1. The summed E-state index contributed by atoms with van der Waals surface area (Å²) in [5.41, 5.74) is -2.29. The molecule has 2 heterocycles. The van der Waals surface area contributed by atoms with Gasteiger partial charge in [0.1, 0.15) is 29.0 Å². The van der Waals surface area contributed by atoms with Gasteiger partial charge in [-0.3, -0.25) is 23.9 Å². The summed E-state index contributed by atoms with van der Waals surface area (Å²) < 4.78 is 33.1. The van der Waals surface area contributed by atoms with Crippen molar-refractivity contribution in [2.45, 2.75) is 102 Å². The summed E-state index contributed by atoms with van der Waals surface area (Å²) in [5.74, 6) is -4.38. The summed E-state index contributed by atoms with van der Waals surface area (Å²) in [4.78, 5) is 67.3. The third-order valence-corrected chi connectivity index (χ3v) is 8.69. The molecule has 1 fully saturated rings. The topological polar surface area (TPSA) is 200 Å². The molecular formula is C31H45N5O9S. The molecule has 46 heavy (non-hydrogen) atoms. The summed E-state index contributed by atoms with van der Waals surface area (Å²) in [6.45, 7) is 6.46. The van der Waals surface area contributed by atoms with Crippen molar-refractivity contribution in [2.24, 2.45) is 0 Å². The van der Waals surface area contributed by atoms with Gasteiger partial charge in [0.05, 0.1) is 6.10 Å². The van der Waals surface area contributed by atoms with Crippen molar-refractivity contribution in [1.29, 1.82) is 0 Å². The van der Waals surface area contributed by atoms with Crippen molar-refractivity contribution < 1.29 is 42.2 Å². The highest BCUT2D eigenvalue weighted by Crippen LogP contribution is 2.24. The molecule has 0 aliphatic carbocycles. The van der Waals surface area contributed by atoms with E-state index in [9.17, 15) is 37.5 Å². The molecule has 0 saturated carbocycles. The zero-order valence-electron chi connectivity index (χ0n) is 26.7. The lowest BCUT2D eigenvalue weighted by Gasteiger charge is -2.34. The number of carbonyl (C=O) groups excluding carboxylic acids is 5. The smallest absolute Gasteiger partial charge is 0.408 e. The standard InChI is InChI=1S/C31H45N5O9S/c1-5-31(28(41)35-46(43,44)20-25(38)32-21-14-10-9-11-15-21)17-13-8-6-7-12-16-23(33-29(42)45-30(2,3)4)27(40)36-19-22(37)18-24(36)26(39)34-31/h9-11,13-15,17,22-24,37H,5-8,12,16,18-20H2,1-4H3,(H,32,38)(H,33,42)(H,34,39)(H,35,41)/b17-13-/t22-,23+,24+,31-/m1/s1. The van der Waals surface area contributed by atoms with E-state index in [1.165, 1.54) is 11.0 Å². The molecular weight excluding hydrogens is 618 g/mol. The van der Waals surface area contributed by atoms with Gasteiger partial charge in [0.25, 0.3) is 5.91 Å². The second-order valence-electron chi connectivity index (χ2n) is 12.6. The highest BCUT2D eigenvalue weighted by molar-refractivity contribution is 7.90. The minimum absolute atomic E-state index is 0.0706. The van der Waals surface area contributed by atoms with Gasteiger partial charge in [0.2, 0.25) is 27.7 Å². The molecule has 5 amide bonds. The van der Waals surface area contributed by atoms with E-state index in [0.29, 0.717) is 31.4 Å². The molecule has 1 saturated heterocycles. The molecule has 14 nitrogen and oxygen atoms in total. The quantitative estimate of drug-likeness (QED) is 0.269. The zero-order valence-corrected chi connectivity index (χ0v) is 27.5. The van der Waals surface area contributed by atoms with E-state index in [1.807, 2.05) is 4.72 Å². The second-order valence-corrected chi connectivity index (χ2v) is 14.3. The predicted octanol–water partition coefficient (Wildman–Crippen LogP) is 1.71. The van der Waals surface area contributed by atoms with Crippen LogP contribution in [0.15, 0.2) is 42.5 Å². The van der Waals surface area contributed by atoms with E-state index in [-0.39, 0.29) is 25.8 Å². The Labute approximate surface area is 269 Å². The third-order valence-electron chi connectivity index (χ3n) is 7.56. The van der Waals surface area contributed by atoms with Crippen LogP contribution in [-0.2, 0) is 33.9 Å². The Morgan fingerprint density at radius 2 is 1.80 bits per heavy atom. The molecule has 254 valence electrons. The molecule has 1 aromatic rings. The van der Waals surface area contributed by atoms with Gasteiger partial charge in [0, 0.05) is 18.7 Å². The van der Waals surface area contributed by atoms with Gasteiger partial charge >= 0.3 is 6.09 Å². The first-order valence-corrected chi connectivity index (χ1v) is 17.1. The number of hydrogen-bond donors (Lipinski definition) is 5. The number of alkyl carbamates (subject to hydrolysis) is 1. The van der Waals surface area contributed by atoms with Gasteiger partial charge in [-0.2, -0.15) is 0 Å². The molecule has 1 aromatic carbocycles. The molecule has 0 radical (unpaired) electrons. The molecule has 15 heteroatoms. The number of carbonyl (C=O) groups is 5. The molecule has 2 aliphatic heterocycles. The SMILES string of the molecule is CC[C@]1(C(=O)NS(=O)(=O)CC(=O)Nc2ccccc2)/C=C\CCCCC[C@H](NC(=O)OC(C)(C)C)C(=O)N2C[C@H](O)C[C@H]2C(=O)N1. The highest BCUT2D eigenvalue weighted by Gasteiger charge is 2.45. The number of aliphatic hydroxyl groups is 1. The van der Waals surface area contributed by atoms with E-state index in [0.717, 1.165) is 0 Å². The number of allylic oxidation sites excluding steroid dienone is 1. The van der Waals surface area contributed by atoms with E-state index >= 15 is 0 Å². The third kappa shape index (κ3) is 10.5. The van der Waals surface area contributed by atoms with Crippen LogP contribution in [0.2, 0.25) is 0 Å². The Hall–Kier alpha value is -3.98. The van der Waals surface area contributed by atoms with Crippen LogP contribution in [0.3, 0.4) is 0 Å². The Kier molecular flexibility index (Phi) is 12.3. The number of sulfonamides is 1. The number of para-hydroxylation sites is 1. The maximum Gasteiger partial charge on any atom is 0.408 e. The maximum absolute atomic E-state index is 13.7. The maximum atomic E-state index is 13.7. The van der Waals surface area contributed by atoms with Crippen LogP contribution >= 0.6 is 0 Å². The normalized spacial score (nSPS) is 25.3. The summed E-state index contributed by atoms with van der Waals surface area (Å²) in [5, 5.41) is 18.2. The van der Waals surface area contributed by atoms with Gasteiger partial charge in [0.15, 0.2) is 0 Å². The number of ether oxygens (including phenoxy) is 1. The van der Waals surface area contributed by atoms with Gasteiger partial charge in [-0.1, -0.05) is 50.1 Å². The summed E-state index contributed by atoms with van der Waals surface area (Å²) in [7, 11) is -4.50. The van der Waals surface area contributed by atoms with Crippen LogP contribution in [0.5, 0.6) is 0 Å². The van der Waals surface area contributed by atoms with Crippen molar-refractivity contribution in [2.75, 3.05) is 17.6 Å². The van der Waals surface area contributed by atoms with Gasteiger partial charge in [-0.05, 0) is 58.6 Å². The van der Waals surface area contributed by atoms with E-state index in [4.69, 9.17) is 4.74 Å². The summed E-state index contributed by atoms with van der Waals surface area (Å²) in [6, 6.07) is 5.97. The van der Waals surface area contributed by atoms with Gasteiger partial charge in [-0.15, -0.1) is 0 Å². The number of nitrogens with zero attached hydrogens (tertiary/aromatic N) is 1. The minimum atomic E-state index is -4.50. The number of amides is 5. The number of benzene rings is 1. The first-order valence-electron chi connectivity index (χ1n) is 15.4. The number of hydrogen-bond acceptors (Lipinski definition) is 9. The molecule has 0 bridgehead atoms. The monoisotopic (exact) mass is 663 g/mol. The number of fused-ring (bicyclic) bond motifs is 1. The van der Waals surface area contributed by atoms with Crippen LogP contribution in [0.25, 0.3) is 0 Å². The Morgan fingerprint density at radius 3 is 2.46 bits per heavy atom. The van der Waals surface area contributed by atoms with Crippen molar-refractivity contribution in [3.8, 4) is 0 Å². The first kappa shape index (κ1) is 36.5. The molecule has 4 atom stereocenters. The van der Waals surface area contributed by atoms with E-state index in [1.54, 1.807) is 64.1 Å². The summed E-state index contributed by atoms with van der Waals surface area (Å²) >= 11 is 0. The van der Waals surface area contributed by atoms with E-state index < -0.39 is 74.8 Å². The molecule has 0 aromatic heterocycles. The lowest BCUT2D eigenvalue weighted by atomic mass is 9.92. The van der Waals surface area contributed by atoms with Crippen molar-refractivity contribution in [3.63, 3.8) is 0 Å². The fourth-order valence-corrected chi connectivity index (χ4v) is 6.24. The zero-order chi connectivity index (χ0) is 34.1. The Morgan fingerprint density at radius 1 is 1.11 bits per heavy atom. The fraction of sp³-hybridized carbons (Fsp3) is 0.581. The van der Waals surface area contributed by atoms with Crippen LogP contribution in [-0.4, -0.2) is 89.8 Å². The van der Waals surface area contributed by atoms with Gasteiger partial charge < -0.3 is 30.7 Å². The molecule has 0 spiro atoms. The van der Waals surface area contributed by atoms with Crippen molar-refractivity contribution >= 4 is 45.4 Å². The van der Waals surface area contributed by atoms with Crippen LogP contribution < -0.4 is 20.7 Å². The molecule has 2 aliphatic rings. The average molecular weight is 664 g/mol. The van der Waals surface area contributed by atoms with Crippen LogP contribution in [0, 0.1) is 0 Å². The lowest BCUT2D eigenvalue weighted by molar-refractivity contribution is -0.141. The first-order chi connectivity index (χ1) is 21.5. The summed E-state index contributed by atoms with van der Waals surface area (Å²) in [6.07, 6.45) is 3.65. The Balaban J connectivity index is 1.85.